The predicted octanol–water partition coefficient (Wildman–Crippen LogP) is 3.79. The molecule has 1 atom stereocenters. The Morgan fingerprint density at radius 3 is 2.46 bits per heavy atom. The van der Waals surface area contributed by atoms with E-state index in [1.54, 1.807) is 37.3 Å². The van der Waals surface area contributed by atoms with Crippen LogP contribution >= 0.6 is 11.8 Å². The molecule has 0 aliphatic rings. The lowest BCUT2D eigenvalue weighted by Crippen LogP contribution is -2.21. The number of aromatic nitrogens is 3. The Morgan fingerprint density at radius 1 is 1.14 bits per heavy atom. The lowest BCUT2D eigenvalue weighted by atomic mass is 10.1. The highest BCUT2D eigenvalue weighted by Crippen LogP contribution is 2.36. The molecule has 146 valence electrons. The maximum absolute atomic E-state index is 12.9. The molecule has 0 unspecified atom stereocenters. The third-order valence-electron chi connectivity index (χ3n) is 3.86. The molecule has 0 radical (unpaired) electrons. The van der Waals surface area contributed by atoms with Gasteiger partial charge in [-0.05, 0) is 30.7 Å². The largest absolute Gasteiger partial charge is 0.416 e. The molecule has 0 aliphatic carbocycles. The van der Waals surface area contributed by atoms with Crippen molar-refractivity contribution in [1.29, 1.82) is 0 Å². The van der Waals surface area contributed by atoms with Crippen molar-refractivity contribution >= 4 is 23.4 Å². The van der Waals surface area contributed by atoms with Gasteiger partial charge in [0.05, 0.1) is 5.56 Å². The molecule has 2 aromatic carbocycles. The maximum Gasteiger partial charge on any atom is 0.416 e. The zero-order valence-corrected chi connectivity index (χ0v) is 15.5. The Labute approximate surface area is 162 Å². The molecule has 3 aromatic rings. The van der Waals surface area contributed by atoms with Gasteiger partial charge in [-0.2, -0.15) is 13.2 Å². The van der Waals surface area contributed by atoms with Gasteiger partial charge >= 0.3 is 6.18 Å². The number of nitrogens with two attached hydrogens (primary N) is 1. The first-order valence-electron chi connectivity index (χ1n) is 8.12. The van der Waals surface area contributed by atoms with E-state index in [-0.39, 0.29) is 5.69 Å². The summed E-state index contributed by atoms with van der Waals surface area (Å²) in [6.07, 6.45) is -4.50. The molecular weight excluding hydrogens is 391 g/mol. The van der Waals surface area contributed by atoms with Gasteiger partial charge in [0.25, 0.3) is 0 Å². The Kier molecular flexibility index (Phi) is 5.59. The lowest BCUT2D eigenvalue weighted by molar-refractivity contribution is -0.137. The smallest absolute Gasteiger partial charge is 0.336 e. The number of hydrogen-bond donors (Lipinski definition) is 2. The third-order valence-corrected chi connectivity index (χ3v) is 5.07. The predicted molar refractivity (Wildman–Crippen MR) is 100 cm³/mol. The summed E-state index contributed by atoms with van der Waals surface area (Å²) < 4.78 is 40.0. The van der Waals surface area contributed by atoms with Crippen LogP contribution in [-0.4, -0.2) is 20.8 Å². The number of hydrogen-bond acceptors (Lipinski definition) is 5. The third kappa shape index (κ3) is 4.45. The summed E-state index contributed by atoms with van der Waals surface area (Å²) in [5, 5.41) is 9.86. The summed E-state index contributed by atoms with van der Waals surface area (Å²) in [7, 11) is 0. The van der Waals surface area contributed by atoms with Crippen LogP contribution in [0.25, 0.3) is 0 Å². The maximum atomic E-state index is 12.9. The molecule has 0 saturated heterocycles. The van der Waals surface area contributed by atoms with E-state index < -0.39 is 22.9 Å². The van der Waals surface area contributed by atoms with Crippen LogP contribution in [0.15, 0.2) is 59.8 Å². The summed E-state index contributed by atoms with van der Waals surface area (Å²) >= 11 is 1.06. The van der Waals surface area contributed by atoms with Crippen molar-refractivity contribution in [2.24, 2.45) is 0 Å². The van der Waals surface area contributed by atoms with Gasteiger partial charge in [0, 0.05) is 5.69 Å². The second-order valence-electron chi connectivity index (χ2n) is 5.88. The fraction of sp³-hybridized carbons (Fsp3) is 0.167. The number of nitrogens with zero attached hydrogens (tertiary/aromatic N) is 3. The first-order valence-corrected chi connectivity index (χ1v) is 9.00. The average Bonchev–Trinajstić information content (AvgIpc) is 2.98. The zero-order valence-electron chi connectivity index (χ0n) is 14.6. The lowest BCUT2D eigenvalue weighted by Gasteiger charge is -2.17. The summed E-state index contributed by atoms with van der Waals surface area (Å²) in [6.45, 7) is 1.66. The van der Waals surface area contributed by atoms with Gasteiger partial charge in [0.2, 0.25) is 11.1 Å². The van der Waals surface area contributed by atoms with Crippen molar-refractivity contribution in [3.8, 4) is 0 Å². The number of aryl methyl sites for hydroxylation is 1. The highest BCUT2D eigenvalue weighted by atomic mass is 32.2. The van der Waals surface area contributed by atoms with Crippen molar-refractivity contribution < 1.29 is 18.0 Å². The van der Waals surface area contributed by atoms with Crippen LogP contribution in [0, 0.1) is 6.92 Å². The number of rotatable bonds is 5. The highest BCUT2D eigenvalue weighted by molar-refractivity contribution is 8.00. The quantitative estimate of drug-likeness (QED) is 0.496. The zero-order chi connectivity index (χ0) is 20.3. The molecule has 0 aliphatic heterocycles. The standard InChI is InChI=1S/C18H16F3N5OS/c1-11-24-25-17(26(11)22)28-15(12-6-3-2-4-7-12)16(27)23-14-9-5-8-13(10-14)18(19,20)21/h2-10,15H,22H2,1H3,(H,23,27)/t15-/m0/s1. The van der Waals surface area contributed by atoms with Crippen molar-refractivity contribution in [3.05, 3.63) is 71.5 Å². The number of halogens is 3. The molecule has 1 amide bonds. The number of carbonyl (C=O) groups excluding carboxylic acids is 1. The van der Waals surface area contributed by atoms with E-state index in [4.69, 9.17) is 5.84 Å². The molecule has 3 rings (SSSR count). The van der Waals surface area contributed by atoms with Gasteiger partial charge in [0.15, 0.2) is 0 Å². The molecule has 3 N–H and O–H groups in total. The van der Waals surface area contributed by atoms with Gasteiger partial charge in [0.1, 0.15) is 11.1 Å². The Hall–Kier alpha value is -3.01. The van der Waals surface area contributed by atoms with Gasteiger partial charge < -0.3 is 11.2 Å². The number of thioether (sulfide) groups is 1. The fourth-order valence-electron chi connectivity index (χ4n) is 2.42. The number of carbonyl (C=O) groups is 1. The van der Waals surface area contributed by atoms with E-state index in [2.05, 4.69) is 15.5 Å². The van der Waals surface area contributed by atoms with Gasteiger partial charge in [-0.25, -0.2) is 4.68 Å². The van der Waals surface area contributed by atoms with Crippen LogP contribution in [0.5, 0.6) is 0 Å². The Bertz CT molecular complexity index is 975. The molecule has 1 aromatic heterocycles. The van der Waals surface area contributed by atoms with Crippen molar-refractivity contribution in [2.75, 3.05) is 11.2 Å². The molecule has 0 spiro atoms. The summed E-state index contributed by atoms with van der Waals surface area (Å²) in [5.41, 5.74) is -0.143. The summed E-state index contributed by atoms with van der Waals surface area (Å²) in [5.74, 6) is 5.83. The second-order valence-corrected chi connectivity index (χ2v) is 6.95. The number of amides is 1. The molecule has 0 fully saturated rings. The SMILES string of the molecule is Cc1nnc(S[C@H](C(=O)Nc2cccc(C(F)(F)F)c2)c2ccccc2)n1N. The Balaban J connectivity index is 1.88. The second kappa shape index (κ2) is 7.93. The molecule has 6 nitrogen and oxygen atoms in total. The van der Waals surface area contributed by atoms with Crippen molar-refractivity contribution in [2.45, 2.75) is 23.5 Å². The van der Waals surface area contributed by atoms with E-state index in [0.717, 1.165) is 23.9 Å². The van der Waals surface area contributed by atoms with Gasteiger partial charge in [-0.3, -0.25) is 4.79 Å². The first-order chi connectivity index (χ1) is 13.3. The molecule has 1 heterocycles. The summed E-state index contributed by atoms with van der Waals surface area (Å²) in [6, 6.07) is 13.3. The first kappa shape index (κ1) is 19.7. The molecule has 0 bridgehead atoms. The molecule has 28 heavy (non-hydrogen) atoms. The minimum Gasteiger partial charge on any atom is -0.336 e. The number of benzene rings is 2. The van der Waals surface area contributed by atoms with Gasteiger partial charge in [-0.15, -0.1) is 10.2 Å². The van der Waals surface area contributed by atoms with Crippen LogP contribution in [0.4, 0.5) is 18.9 Å². The van der Waals surface area contributed by atoms with E-state index >= 15 is 0 Å². The fourth-order valence-corrected chi connectivity index (χ4v) is 3.42. The molecule has 10 heteroatoms. The van der Waals surface area contributed by atoms with Crippen molar-refractivity contribution in [1.82, 2.24) is 14.9 Å². The van der Waals surface area contributed by atoms with Crippen LogP contribution in [0.2, 0.25) is 0 Å². The minimum absolute atomic E-state index is 0.0479. The summed E-state index contributed by atoms with van der Waals surface area (Å²) in [4.78, 5) is 12.9. The molecular formula is C18H16F3N5OS. The Morgan fingerprint density at radius 2 is 1.86 bits per heavy atom. The molecule has 0 saturated carbocycles. The van der Waals surface area contributed by atoms with E-state index in [9.17, 15) is 18.0 Å². The number of anilines is 1. The average molecular weight is 407 g/mol. The van der Waals surface area contributed by atoms with E-state index in [1.807, 2.05) is 0 Å². The van der Waals surface area contributed by atoms with Crippen LogP contribution in [0.1, 0.15) is 22.2 Å². The van der Waals surface area contributed by atoms with Crippen LogP contribution in [0.3, 0.4) is 0 Å². The van der Waals surface area contributed by atoms with Gasteiger partial charge in [-0.1, -0.05) is 48.2 Å². The van der Waals surface area contributed by atoms with E-state index in [0.29, 0.717) is 16.5 Å². The number of nitrogens with one attached hydrogen (secondary N) is 1. The minimum atomic E-state index is -4.50. The number of nitrogen functional groups attached to an aromatic ring is 1. The van der Waals surface area contributed by atoms with Crippen LogP contribution in [-0.2, 0) is 11.0 Å². The topological polar surface area (TPSA) is 85.8 Å². The monoisotopic (exact) mass is 407 g/mol. The number of alkyl halides is 3. The normalized spacial score (nSPS) is 12.6. The van der Waals surface area contributed by atoms with Crippen molar-refractivity contribution in [3.63, 3.8) is 0 Å². The highest BCUT2D eigenvalue weighted by Gasteiger charge is 2.31. The van der Waals surface area contributed by atoms with Crippen LogP contribution < -0.4 is 11.2 Å². The van der Waals surface area contributed by atoms with E-state index in [1.165, 1.54) is 16.8 Å².